The predicted molar refractivity (Wildman–Crippen MR) is 91.6 cm³/mol. The molecule has 0 radical (unpaired) electrons. The van der Waals surface area contributed by atoms with Gasteiger partial charge in [0.1, 0.15) is 17.1 Å². The quantitative estimate of drug-likeness (QED) is 0.667. The molecule has 2 rings (SSSR count). The molecule has 1 aromatic carbocycles. The molecule has 6 nitrogen and oxygen atoms in total. The minimum absolute atomic E-state index is 0.0731. The van der Waals surface area contributed by atoms with Crippen LogP contribution in [0.5, 0.6) is 5.75 Å². The minimum Gasteiger partial charge on any atom is -0.507 e. The van der Waals surface area contributed by atoms with E-state index in [1.807, 2.05) is 12.1 Å². The number of hydrogen-bond donors (Lipinski definition) is 2. The number of aromatic hydroxyl groups is 1. The number of benzene rings is 1. The molecule has 2 aromatic rings. The maximum absolute atomic E-state index is 12.1. The Morgan fingerprint density at radius 2 is 1.88 bits per heavy atom. The molecule has 6 heteroatoms. The van der Waals surface area contributed by atoms with Crippen LogP contribution in [-0.2, 0) is 0 Å². The molecule has 0 spiro atoms. The molecule has 0 bridgehead atoms. The van der Waals surface area contributed by atoms with E-state index in [2.05, 4.69) is 24.4 Å². The number of carbonyl (C=O) groups excluding carboxylic acids is 1. The summed E-state index contributed by atoms with van der Waals surface area (Å²) in [6.07, 6.45) is 0. The Morgan fingerprint density at radius 1 is 1.25 bits per heavy atom. The molecule has 0 aliphatic rings. The highest BCUT2D eigenvalue weighted by molar-refractivity contribution is 6.02. The summed E-state index contributed by atoms with van der Waals surface area (Å²) in [6, 6.07) is 8.52. The predicted octanol–water partition coefficient (Wildman–Crippen LogP) is 2.93. The summed E-state index contributed by atoms with van der Waals surface area (Å²) in [5, 5.41) is 13.7. The Hall–Kier alpha value is -2.89. The van der Waals surface area contributed by atoms with Gasteiger partial charge in [-0.15, -0.1) is 0 Å². The van der Waals surface area contributed by atoms with Crippen LogP contribution in [0.25, 0.3) is 0 Å². The third-order valence-electron chi connectivity index (χ3n) is 3.58. The maximum atomic E-state index is 12.1. The zero-order valence-electron chi connectivity index (χ0n) is 14.1. The Bertz CT molecular complexity index is 833. The number of nitrogens with one attached hydrogen (secondary N) is 1. The Morgan fingerprint density at radius 3 is 2.42 bits per heavy atom. The van der Waals surface area contributed by atoms with E-state index in [-0.39, 0.29) is 17.0 Å². The summed E-state index contributed by atoms with van der Waals surface area (Å²) in [7, 11) is 0. The molecular weight excluding hydrogens is 308 g/mol. The van der Waals surface area contributed by atoms with Gasteiger partial charge in [-0.05, 0) is 37.5 Å². The normalized spacial score (nSPS) is 11.6. The SMILES string of the molecule is CC(=NNC(=O)c1ccc(C(C)C)cc1)c1c(O)cc(C)oc1=O. The van der Waals surface area contributed by atoms with E-state index in [0.29, 0.717) is 17.2 Å². The molecule has 0 aliphatic heterocycles. The fourth-order valence-electron chi connectivity index (χ4n) is 2.20. The second-order valence-corrected chi connectivity index (χ2v) is 5.82. The summed E-state index contributed by atoms with van der Waals surface area (Å²) in [5.41, 5.74) is 3.34. The number of nitrogens with zero attached hydrogens (tertiary/aromatic N) is 1. The Kier molecular flexibility index (Phi) is 5.18. The summed E-state index contributed by atoms with van der Waals surface area (Å²) in [6.45, 7) is 7.20. The molecule has 0 fully saturated rings. The number of amides is 1. The van der Waals surface area contributed by atoms with Gasteiger partial charge in [0.15, 0.2) is 0 Å². The van der Waals surface area contributed by atoms with E-state index in [9.17, 15) is 14.7 Å². The standard InChI is InChI=1S/C18H20N2O4/c1-10(2)13-5-7-14(8-6-13)17(22)20-19-12(4)16-15(21)9-11(3)24-18(16)23/h5-10,21H,1-4H3,(H,20,22). The highest BCUT2D eigenvalue weighted by Crippen LogP contribution is 2.16. The summed E-state index contributed by atoms with van der Waals surface area (Å²) in [5.74, 6) is 0.0376. The highest BCUT2D eigenvalue weighted by Gasteiger charge is 2.14. The zero-order chi connectivity index (χ0) is 17.9. The fraction of sp³-hybridized carbons (Fsp3) is 0.278. The summed E-state index contributed by atoms with van der Waals surface area (Å²) < 4.78 is 4.93. The molecule has 126 valence electrons. The molecule has 24 heavy (non-hydrogen) atoms. The van der Waals surface area contributed by atoms with E-state index < -0.39 is 11.5 Å². The van der Waals surface area contributed by atoms with Crippen molar-refractivity contribution in [1.82, 2.24) is 5.43 Å². The average Bonchev–Trinajstić information content (AvgIpc) is 2.51. The van der Waals surface area contributed by atoms with Crippen LogP contribution in [0.15, 0.2) is 44.6 Å². The lowest BCUT2D eigenvalue weighted by molar-refractivity contribution is 0.0954. The minimum atomic E-state index is -0.704. The third-order valence-corrected chi connectivity index (χ3v) is 3.58. The van der Waals surface area contributed by atoms with Crippen molar-refractivity contribution in [2.24, 2.45) is 5.10 Å². The lowest BCUT2D eigenvalue weighted by Gasteiger charge is -2.07. The van der Waals surface area contributed by atoms with Crippen molar-refractivity contribution in [2.75, 3.05) is 0 Å². The molecule has 1 amide bonds. The first-order chi connectivity index (χ1) is 11.3. The summed E-state index contributed by atoms with van der Waals surface area (Å²) >= 11 is 0. The fourth-order valence-corrected chi connectivity index (χ4v) is 2.20. The average molecular weight is 328 g/mol. The first-order valence-electron chi connectivity index (χ1n) is 7.58. The van der Waals surface area contributed by atoms with E-state index in [4.69, 9.17) is 4.42 Å². The zero-order valence-corrected chi connectivity index (χ0v) is 14.1. The van der Waals surface area contributed by atoms with Gasteiger partial charge in [0.05, 0.1) is 5.71 Å². The number of carbonyl (C=O) groups is 1. The lowest BCUT2D eigenvalue weighted by Crippen LogP contribution is -2.21. The molecular formula is C18H20N2O4. The van der Waals surface area contributed by atoms with Gasteiger partial charge in [0.25, 0.3) is 5.91 Å². The van der Waals surface area contributed by atoms with Crippen LogP contribution in [0.3, 0.4) is 0 Å². The first kappa shape index (κ1) is 17.5. The molecule has 0 unspecified atom stereocenters. The Balaban J connectivity index is 2.18. The Labute approximate surface area is 139 Å². The van der Waals surface area contributed by atoms with Gasteiger partial charge in [-0.3, -0.25) is 4.79 Å². The monoisotopic (exact) mass is 328 g/mol. The van der Waals surface area contributed by atoms with Crippen LogP contribution < -0.4 is 11.1 Å². The van der Waals surface area contributed by atoms with Crippen molar-refractivity contribution in [3.63, 3.8) is 0 Å². The molecule has 1 aromatic heterocycles. The van der Waals surface area contributed by atoms with Crippen molar-refractivity contribution in [1.29, 1.82) is 0 Å². The van der Waals surface area contributed by atoms with Crippen LogP contribution in [0, 0.1) is 6.92 Å². The maximum Gasteiger partial charge on any atom is 0.348 e. The van der Waals surface area contributed by atoms with Gasteiger partial charge in [-0.25, -0.2) is 10.2 Å². The molecule has 0 saturated carbocycles. The van der Waals surface area contributed by atoms with E-state index in [1.54, 1.807) is 19.1 Å². The first-order valence-corrected chi connectivity index (χ1v) is 7.58. The lowest BCUT2D eigenvalue weighted by atomic mass is 10.0. The third kappa shape index (κ3) is 3.90. The van der Waals surface area contributed by atoms with E-state index in [0.717, 1.165) is 5.56 Å². The molecule has 1 heterocycles. The van der Waals surface area contributed by atoms with E-state index in [1.165, 1.54) is 13.0 Å². The van der Waals surface area contributed by atoms with Crippen molar-refractivity contribution in [2.45, 2.75) is 33.6 Å². The number of aryl methyl sites for hydroxylation is 1. The van der Waals surface area contributed by atoms with Crippen LogP contribution >= 0.6 is 0 Å². The highest BCUT2D eigenvalue weighted by atomic mass is 16.4. The van der Waals surface area contributed by atoms with Crippen molar-refractivity contribution < 1.29 is 14.3 Å². The van der Waals surface area contributed by atoms with Crippen LogP contribution in [0.2, 0.25) is 0 Å². The van der Waals surface area contributed by atoms with Gasteiger partial charge in [0.2, 0.25) is 0 Å². The van der Waals surface area contributed by atoms with Crippen LogP contribution in [-0.4, -0.2) is 16.7 Å². The molecule has 0 saturated heterocycles. The van der Waals surface area contributed by atoms with Gasteiger partial charge >= 0.3 is 5.63 Å². The molecule has 0 aliphatic carbocycles. The van der Waals surface area contributed by atoms with Crippen LogP contribution in [0.4, 0.5) is 0 Å². The molecule has 0 atom stereocenters. The number of hydrogen-bond acceptors (Lipinski definition) is 5. The van der Waals surface area contributed by atoms with Gasteiger partial charge in [-0.2, -0.15) is 5.10 Å². The van der Waals surface area contributed by atoms with Gasteiger partial charge in [0, 0.05) is 11.6 Å². The van der Waals surface area contributed by atoms with E-state index >= 15 is 0 Å². The van der Waals surface area contributed by atoms with Crippen molar-refractivity contribution in [3.8, 4) is 5.75 Å². The second-order valence-electron chi connectivity index (χ2n) is 5.82. The molecule has 2 N–H and O–H groups in total. The number of hydrazone groups is 1. The van der Waals surface area contributed by atoms with Crippen molar-refractivity contribution in [3.05, 3.63) is 63.2 Å². The number of rotatable bonds is 4. The van der Waals surface area contributed by atoms with Gasteiger partial charge in [-0.1, -0.05) is 26.0 Å². The smallest absolute Gasteiger partial charge is 0.348 e. The van der Waals surface area contributed by atoms with Crippen molar-refractivity contribution >= 4 is 11.6 Å². The van der Waals surface area contributed by atoms with Gasteiger partial charge < -0.3 is 9.52 Å². The topological polar surface area (TPSA) is 91.9 Å². The summed E-state index contributed by atoms with van der Waals surface area (Å²) in [4.78, 5) is 23.9. The second kappa shape index (κ2) is 7.12. The largest absolute Gasteiger partial charge is 0.507 e. The van der Waals surface area contributed by atoms with Crippen LogP contribution in [0.1, 0.15) is 53.9 Å².